The van der Waals surface area contributed by atoms with E-state index in [0.717, 1.165) is 6.42 Å². The molecule has 0 amide bonds. The Morgan fingerprint density at radius 2 is 2.36 bits per heavy atom. The van der Waals surface area contributed by atoms with E-state index >= 15 is 0 Å². The van der Waals surface area contributed by atoms with Crippen LogP contribution in [0.25, 0.3) is 0 Å². The zero-order chi connectivity index (χ0) is 9.47. The summed E-state index contributed by atoms with van der Waals surface area (Å²) < 4.78 is 18.8. The maximum Gasteiger partial charge on any atom is 0.344 e. The zero-order valence-electron chi connectivity index (χ0n) is 7.63. The second-order valence-corrected chi connectivity index (χ2v) is 3.77. The van der Waals surface area contributed by atoms with Crippen molar-refractivity contribution in [2.45, 2.75) is 32.9 Å². The van der Waals surface area contributed by atoms with Crippen molar-refractivity contribution in [1.82, 2.24) is 0 Å². The minimum absolute atomic E-state index is 0. The first kappa shape index (κ1) is 11.2. The SMILES string of the molecule is C.CCOC(=O)C1(F)CC2C=CC1C2. The van der Waals surface area contributed by atoms with Gasteiger partial charge in [0, 0.05) is 5.92 Å². The molecule has 0 saturated heterocycles. The highest BCUT2D eigenvalue weighted by Crippen LogP contribution is 2.49. The number of alkyl halides is 1. The smallest absolute Gasteiger partial charge is 0.344 e. The molecule has 0 aromatic heterocycles. The van der Waals surface area contributed by atoms with Gasteiger partial charge < -0.3 is 4.74 Å². The van der Waals surface area contributed by atoms with Gasteiger partial charge in [-0.2, -0.15) is 0 Å². The Labute approximate surface area is 84.1 Å². The lowest BCUT2D eigenvalue weighted by atomic mass is 9.90. The van der Waals surface area contributed by atoms with Gasteiger partial charge in [0.15, 0.2) is 0 Å². The average Bonchev–Trinajstić information content (AvgIpc) is 2.64. The Hall–Kier alpha value is -0.860. The second-order valence-electron chi connectivity index (χ2n) is 3.77. The molecule has 1 saturated carbocycles. The van der Waals surface area contributed by atoms with E-state index in [1.54, 1.807) is 6.92 Å². The van der Waals surface area contributed by atoms with Gasteiger partial charge in [-0.25, -0.2) is 9.18 Å². The molecule has 0 N–H and O–H groups in total. The Morgan fingerprint density at radius 1 is 1.64 bits per heavy atom. The number of carbonyl (C=O) groups excluding carboxylic acids is 1. The number of allylic oxidation sites excluding steroid dienone is 2. The van der Waals surface area contributed by atoms with E-state index in [1.807, 2.05) is 12.2 Å². The summed E-state index contributed by atoms with van der Waals surface area (Å²) in [7, 11) is 0. The summed E-state index contributed by atoms with van der Waals surface area (Å²) in [5.74, 6) is -0.664. The Bertz CT molecular complexity index is 262. The maximum atomic E-state index is 14.1. The molecule has 2 rings (SSSR count). The second kappa shape index (κ2) is 3.71. The normalized spacial score (nSPS) is 38.1. The number of hydrogen-bond acceptors (Lipinski definition) is 2. The molecule has 2 aliphatic rings. The predicted octanol–water partition coefficient (Wildman–Crippen LogP) is 2.49. The van der Waals surface area contributed by atoms with Crippen LogP contribution in [0.4, 0.5) is 4.39 Å². The first-order chi connectivity index (χ1) is 6.16. The van der Waals surface area contributed by atoms with E-state index in [0.29, 0.717) is 6.42 Å². The van der Waals surface area contributed by atoms with Gasteiger partial charge in [-0.3, -0.25) is 0 Å². The third-order valence-electron chi connectivity index (χ3n) is 2.93. The van der Waals surface area contributed by atoms with E-state index in [4.69, 9.17) is 4.74 Å². The van der Waals surface area contributed by atoms with Gasteiger partial charge in [-0.05, 0) is 25.7 Å². The van der Waals surface area contributed by atoms with Crippen molar-refractivity contribution < 1.29 is 13.9 Å². The van der Waals surface area contributed by atoms with Crippen molar-refractivity contribution in [3.05, 3.63) is 12.2 Å². The molecule has 80 valence electrons. The highest BCUT2D eigenvalue weighted by molar-refractivity contribution is 5.81. The monoisotopic (exact) mass is 200 g/mol. The topological polar surface area (TPSA) is 26.3 Å². The number of ether oxygens (including phenoxy) is 1. The van der Waals surface area contributed by atoms with E-state index in [1.165, 1.54) is 0 Å². The van der Waals surface area contributed by atoms with Crippen molar-refractivity contribution in [2.24, 2.45) is 11.8 Å². The number of esters is 1. The van der Waals surface area contributed by atoms with Crippen LogP contribution in [0.5, 0.6) is 0 Å². The molecule has 2 aliphatic carbocycles. The van der Waals surface area contributed by atoms with E-state index < -0.39 is 11.6 Å². The minimum Gasteiger partial charge on any atom is -0.464 e. The molecule has 2 nitrogen and oxygen atoms in total. The summed E-state index contributed by atoms with van der Waals surface area (Å²) in [5.41, 5.74) is -1.73. The summed E-state index contributed by atoms with van der Waals surface area (Å²) in [6, 6.07) is 0. The molecule has 1 fully saturated rings. The van der Waals surface area contributed by atoms with Crippen LogP contribution >= 0.6 is 0 Å². The summed E-state index contributed by atoms with van der Waals surface area (Å²) in [6.07, 6.45) is 4.90. The van der Waals surface area contributed by atoms with Gasteiger partial charge in [0.1, 0.15) is 0 Å². The third kappa shape index (κ3) is 1.45. The standard InChI is InChI=1S/C10H13FO2.CH4/c1-2-13-9(12)10(11)6-7-3-4-8(10)5-7;/h3-4,7-8H,2,5-6H2,1H3;1H4. The Morgan fingerprint density at radius 3 is 2.79 bits per heavy atom. The molecule has 3 heteroatoms. The van der Waals surface area contributed by atoms with Gasteiger partial charge in [0.25, 0.3) is 0 Å². The molecule has 0 heterocycles. The van der Waals surface area contributed by atoms with Crippen LogP contribution in [0.1, 0.15) is 27.2 Å². The highest BCUT2D eigenvalue weighted by Gasteiger charge is 2.55. The van der Waals surface area contributed by atoms with Crippen LogP contribution in [0.3, 0.4) is 0 Å². The van der Waals surface area contributed by atoms with Gasteiger partial charge in [0.05, 0.1) is 6.61 Å². The number of rotatable bonds is 2. The summed E-state index contributed by atoms with van der Waals surface area (Å²) in [6.45, 7) is 1.95. The lowest BCUT2D eigenvalue weighted by Gasteiger charge is -2.24. The Kier molecular flexibility index (Phi) is 2.98. The molecule has 0 spiro atoms. The first-order valence-corrected chi connectivity index (χ1v) is 4.71. The van der Waals surface area contributed by atoms with Gasteiger partial charge in [-0.1, -0.05) is 19.6 Å². The van der Waals surface area contributed by atoms with Gasteiger partial charge >= 0.3 is 5.97 Å². The Balaban J connectivity index is 0.000000980. The minimum atomic E-state index is -1.73. The summed E-state index contributed by atoms with van der Waals surface area (Å²) >= 11 is 0. The lowest BCUT2D eigenvalue weighted by molar-refractivity contribution is -0.159. The van der Waals surface area contributed by atoms with Crippen LogP contribution in [0, 0.1) is 11.8 Å². The van der Waals surface area contributed by atoms with Crippen molar-refractivity contribution >= 4 is 5.97 Å². The van der Waals surface area contributed by atoms with E-state index in [-0.39, 0.29) is 25.9 Å². The number of hydrogen-bond donors (Lipinski definition) is 0. The molecule has 0 aromatic rings. The molecular formula is C11H17FO2. The summed E-state index contributed by atoms with van der Waals surface area (Å²) in [4.78, 5) is 11.3. The van der Waals surface area contributed by atoms with Crippen molar-refractivity contribution in [2.75, 3.05) is 6.61 Å². The highest BCUT2D eigenvalue weighted by atomic mass is 19.1. The van der Waals surface area contributed by atoms with Crippen LogP contribution in [0.2, 0.25) is 0 Å². The zero-order valence-corrected chi connectivity index (χ0v) is 7.63. The number of halogens is 1. The number of carbonyl (C=O) groups is 1. The molecule has 14 heavy (non-hydrogen) atoms. The molecule has 0 aliphatic heterocycles. The van der Waals surface area contributed by atoms with E-state index in [2.05, 4.69) is 0 Å². The molecule has 2 bridgehead atoms. The van der Waals surface area contributed by atoms with Crippen molar-refractivity contribution in [3.63, 3.8) is 0 Å². The number of fused-ring (bicyclic) bond motifs is 2. The molecule has 0 radical (unpaired) electrons. The largest absolute Gasteiger partial charge is 0.464 e. The first-order valence-electron chi connectivity index (χ1n) is 4.71. The molecule has 3 atom stereocenters. The van der Waals surface area contributed by atoms with Crippen molar-refractivity contribution in [3.8, 4) is 0 Å². The van der Waals surface area contributed by atoms with Gasteiger partial charge in [0.2, 0.25) is 5.67 Å². The van der Waals surface area contributed by atoms with E-state index in [9.17, 15) is 9.18 Å². The lowest BCUT2D eigenvalue weighted by Crippen LogP contribution is -2.39. The molecular weight excluding hydrogens is 183 g/mol. The average molecular weight is 200 g/mol. The molecule has 3 unspecified atom stereocenters. The summed E-state index contributed by atoms with van der Waals surface area (Å²) in [5, 5.41) is 0. The third-order valence-corrected chi connectivity index (χ3v) is 2.93. The molecule has 0 aromatic carbocycles. The van der Waals surface area contributed by atoms with Gasteiger partial charge in [-0.15, -0.1) is 0 Å². The quantitative estimate of drug-likeness (QED) is 0.505. The fourth-order valence-corrected chi connectivity index (χ4v) is 2.28. The van der Waals surface area contributed by atoms with Crippen LogP contribution < -0.4 is 0 Å². The fourth-order valence-electron chi connectivity index (χ4n) is 2.28. The fraction of sp³-hybridized carbons (Fsp3) is 0.727. The van der Waals surface area contributed by atoms with Crippen LogP contribution in [-0.2, 0) is 9.53 Å². The maximum absolute atomic E-state index is 14.1. The van der Waals surface area contributed by atoms with Crippen molar-refractivity contribution in [1.29, 1.82) is 0 Å². The predicted molar refractivity (Wildman–Crippen MR) is 52.6 cm³/mol. The van der Waals surface area contributed by atoms with Crippen LogP contribution in [-0.4, -0.2) is 18.2 Å². The van der Waals surface area contributed by atoms with Crippen LogP contribution in [0.15, 0.2) is 12.2 Å².